The number of aromatic carboxylic acids is 1. The molecule has 4 nitrogen and oxygen atoms in total. The van der Waals surface area contributed by atoms with Crippen LogP contribution in [0.5, 0.6) is 0 Å². The molecule has 18 heavy (non-hydrogen) atoms. The van der Waals surface area contributed by atoms with Gasteiger partial charge in [-0.2, -0.15) is 0 Å². The molecule has 1 aromatic heterocycles. The number of benzene rings is 1. The quantitative estimate of drug-likeness (QED) is 0.883. The topological polar surface area (TPSA) is 55.1 Å². The van der Waals surface area contributed by atoms with E-state index < -0.39 is 5.97 Å². The summed E-state index contributed by atoms with van der Waals surface area (Å²) in [6, 6.07) is 5.99. The third-order valence-corrected chi connectivity index (χ3v) is 2.89. The number of rotatable bonds is 2. The Hall–Kier alpha value is -2.10. The monoisotopic (exact) mass is 244 g/mol. The van der Waals surface area contributed by atoms with Crippen molar-refractivity contribution in [3.8, 4) is 5.69 Å². The second kappa shape index (κ2) is 4.29. The highest BCUT2D eigenvalue weighted by Gasteiger charge is 2.19. The molecule has 1 aromatic carbocycles. The van der Waals surface area contributed by atoms with E-state index in [2.05, 4.69) is 11.1 Å². The standard InChI is InChI=1S/C14H16N2O2/c1-8-5-9(2)7-12(6-8)16-11(4)15-10(3)13(16)14(17)18/h5-7H,1-4H3,(H,17,18). The third kappa shape index (κ3) is 2.01. The molecular formula is C14H16N2O2. The van der Waals surface area contributed by atoms with Crippen LogP contribution in [0, 0.1) is 27.7 Å². The fourth-order valence-electron chi connectivity index (χ4n) is 2.32. The highest BCUT2D eigenvalue weighted by atomic mass is 16.4. The van der Waals surface area contributed by atoms with Crippen molar-refractivity contribution in [1.82, 2.24) is 9.55 Å². The van der Waals surface area contributed by atoms with Gasteiger partial charge in [0, 0.05) is 5.69 Å². The zero-order chi connectivity index (χ0) is 13.4. The van der Waals surface area contributed by atoms with Crippen molar-refractivity contribution in [2.75, 3.05) is 0 Å². The Morgan fingerprint density at radius 3 is 2.17 bits per heavy atom. The number of aryl methyl sites for hydroxylation is 4. The molecule has 0 amide bonds. The van der Waals surface area contributed by atoms with Crippen LogP contribution in [0.3, 0.4) is 0 Å². The molecule has 0 fully saturated rings. The number of carbonyl (C=O) groups is 1. The second-order valence-electron chi connectivity index (χ2n) is 4.58. The number of carboxylic acid groups (broad SMARTS) is 1. The predicted molar refractivity (Wildman–Crippen MR) is 69.5 cm³/mol. The summed E-state index contributed by atoms with van der Waals surface area (Å²) < 4.78 is 1.69. The van der Waals surface area contributed by atoms with Crippen LogP contribution < -0.4 is 0 Å². The van der Waals surface area contributed by atoms with Crippen molar-refractivity contribution >= 4 is 5.97 Å². The summed E-state index contributed by atoms with van der Waals surface area (Å²) >= 11 is 0. The minimum atomic E-state index is -0.952. The van der Waals surface area contributed by atoms with Crippen LogP contribution in [0.4, 0.5) is 0 Å². The fourth-order valence-corrected chi connectivity index (χ4v) is 2.32. The van der Waals surface area contributed by atoms with Crippen molar-refractivity contribution in [3.63, 3.8) is 0 Å². The van der Waals surface area contributed by atoms with E-state index in [0.29, 0.717) is 11.5 Å². The van der Waals surface area contributed by atoms with Crippen LogP contribution in [-0.4, -0.2) is 20.6 Å². The smallest absolute Gasteiger partial charge is 0.354 e. The summed E-state index contributed by atoms with van der Waals surface area (Å²) in [6.07, 6.45) is 0. The lowest BCUT2D eigenvalue weighted by Gasteiger charge is -2.10. The number of nitrogens with zero attached hydrogens (tertiary/aromatic N) is 2. The van der Waals surface area contributed by atoms with E-state index in [-0.39, 0.29) is 5.69 Å². The van der Waals surface area contributed by atoms with Gasteiger partial charge in [-0.1, -0.05) is 6.07 Å². The van der Waals surface area contributed by atoms with Gasteiger partial charge in [0.25, 0.3) is 0 Å². The number of hydrogen-bond donors (Lipinski definition) is 1. The zero-order valence-corrected chi connectivity index (χ0v) is 11.0. The maximum atomic E-state index is 11.3. The molecule has 0 aliphatic heterocycles. The first-order valence-electron chi connectivity index (χ1n) is 5.78. The highest BCUT2D eigenvalue weighted by Crippen LogP contribution is 2.20. The van der Waals surface area contributed by atoms with E-state index in [1.54, 1.807) is 11.5 Å². The SMILES string of the molecule is Cc1cc(C)cc(-n2c(C)nc(C)c2C(=O)O)c1. The Morgan fingerprint density at radius 1 is 1.11 bits per heavy atom. The Labute approximate surface area is 106 Å². The molecule has 2 aromatic rings. The molecule has 0 saturated carbocycles. The molecule has 0 radical (unpaired) electrons. The molecule has 0 bridgehead atoms. The summed E-state index contributed by atoms with van der Waals surface area (Å²) in [5, 5.41) is 9.30. The first-order chi connectivity index (χ1) is 8.40. The summed E-state index contributed by atoms with van der Waals surface area (Å²) in [5.74, 6) is -0.262. The van der Waals surface area contributed by atoms with Crippen molar-refractivity contribution in [2.45, 2.75) is 27.7 Å². The van der Waals surface area contributed by atoms with Gasteiger partial charge in [0.2, 0.25) is 0 Å². The van der Waals surface area contributed by atoms with Gasteiger partial charge in [-0.3, -0.25) is 4.57 Å². The Bertz CT molecular complexity index is 607. The Morgan fingerprint density at radius 2 is 1.67 bits per heavy atom. The Balaban J connectivity index is 2.74. The third-order valence-electron chi connectivity index (χ3n) is 2.89. The molecule has 0 aliphatic rings. The van der Waals surface area contributed by atoms with Gasteiger partial charge >= 0.3 is 5.97 Å². The molecule has 1 N–H and O–H groups in total. The Kier molecular flexibility index (Phi) is 2.95. The van der Waals surface area contributed by atoms with Crippen LogP contribution in [-0.2, 0) is 0 Å². The van der Waals surface area contributed by atoms with Crippen LogP contribution in [0.25, 0.3) is 5.69 Å². The molecule has 0 saturated heterocycles. The molecule has 2 rings (SSSR count). The lowest BCUT2D eigenvalue weighted by Crippen LogP contribution is -2.09. The lowest BCUT2D eigenvalue weighted by molar-refractivity contribution is 0.0687. The van der Waals surface area contributed by atoms with E-state index in [0.717, 1.165) is 16.8 Å². The largest absolute Gasteiger partial charge is 0.477 e. The van der Waals surface area contributed by atoms with Crippen LogP contribution in [0.15, 0.2) is 18.2 Å². The summed E-state index contributed by atoms with van der Waals surface area (Å²) in [4.78, 5) is 15.6. The van der Waals surface area contributed by atoms with E-state index >= 15 is 0 Å². The molecule has 0 aliphatic carbocycles. The average Bonchev–Trinajstić information content (AvgIpc) is 2.51. The van der Waals surface area contributed by atoms with E-state index in [1.165, 1.54) is 0 Å². The first kappa shape index (κ1) is 12.4. The maximum Gasteiger partial charge on any atom is 0.354 e. The zero-order valence-electron chi connectivity index (χ0n) is 11.0. The van der Waals surface area contributed by atoms with Gasteiger partial charge in [-0.15, -0.1) is 0 Å². The minimum absolute atomic E-state index is 0.234. The highest BCUT2D eigenvalue weighted by molar-refractivity contribution is 5.88. The van der Waals surface area contributed by atoms with Gasteiger partial charge in [0.15, 0.2) is 5.69 Å². The van der Waals surface area contributed by atoms with Gasteiger partial charge in [-0.05, 0) is 51.0 Å². The van der Waals surface area contributed by atoms with Crippen molar-refractivity contribution < 1.29 is 9.90 Å². The van der Waals surface area contributed by atoms with Crippen LogP contribution in [0.2, 0.25) is 0 Å². The van der Waals surface area contributed by atoms with Gasteiger partial charge in [0.1, 0.15) is 5.82 Å². The number of carboxylic acids is 1. The van der Waals surface area contributed by atoms with Crippen molar-refractivity contribution in [2.24, 2.45) is 0 Å². The van der Waals surface area contributed by atoms with E-state index in [9.17, 15) is 9.90 Å². The van der Waals surface area contributed by atoms with Crippen molar-refractivity contribution in [1.29, 1.82) is 0 Å². The normalized spacial score (nSPS) is 10.7. The number of imidazole rings is 1. The maximum absolute atomic E-state index is 11.3. The number of aromatic nitrogens is 2. The molecule has 0 unspecified atom stereocenters. The van der Waals surface area contributed by atoms with Crippen LogP contribution in [0.1, 0.15) is 33.1 Å². The van der Waals surface area contributed by atoms with Crippen molar-refractivity contribution in [3.05, 3.63) is 46.5 Å². The molecule has 94 valence electrons. The van der Waals surface area contributed by atoms with Gasteiger partial charge < -0.3 is 5.11 Å². The summed E-state index contributed by atoms with van der Waals surface area (Å²) in [5.41, 5.74) is 3.83. The lowest BCUT2D eigenvalue weighted by atomic mass is 10.1. The summed E-state index contributed by atoms with van der Waals surface area (Å²) in [7, 11) is 0. The molecule has 4 heteroatoms. The molecule has 0 atom stereocenters. The average molecular weight is 244 g/mol. The predicted octanol–water partition coefficient (Wildman–Crippen LogP) is 2.80. The minimum Gasteiger partial charge on any atom is -0.477 e. The van der Waals surface area contributed by atoms with Gasteiger partial charge in [0.05, 0.1) is 5.69 Å². The van der Waals surface area contributed by atoms with E-state index in [4.69, 9.17) is 0 Å². The molecular weight excluding hydrogens is 228 g/mol. The van der Waals surface area contributed by atoms with E-state index in [1.807, 2.05) is 32.9 Å². The molecule has 0 spiro atoms. The summed E-state index contributed by atoms with van der Waals surface area (Å²) in [6.45, 7) is 7.53. The fraction of sp³-hybridized carbons (Fsp3) is 0.286. The number of hydrogen-bond acceptors (Lipinski definition) is 2. The second-order valence-corrected chi connectivity index (χ2v) is 4.58. The first-order valence-corrected chi connectivity index (χ1v) is 5.78. The van der Waals surface area contributed by atoms with Crippen LogP contribution >= 0.6 is 0 Å². The molecule has 1 heterocycles. The van der Waals surface area contributed by atoms with Gasteiger partial charge in [-0.25, -0.2) is 9.78 Å².